The molecule has 4 heterocycles. The Balaban J connectivity index is 1.12. The first kappa shape index (κ1) is 32.3. The van der Waals surface area contributed by atoms with Gasteiger partial charge in [0.05, 0.1) is 0 Å². The van der Waals surface area contributed by atoms with Crippen molar-refractivity contribution in [3.05, 3.63) is 200 Å². The van der Waals surface area contributed by atoms with Crippen LogP contribution < -0.4 is 26.2 Å². The molecule has 0 bridgehead atoms. The molecular weight excluding hydrogens is 719 g/mol. The van der Waals surface area contributed by atoms with Crippen molar-refractivity contribution in [1.29, 1.82) is 0 Å². The number of hydrogen-bond acceptors (Lipinski definition) is 4. The standard InChI is InChI=1S/C54H33BN2O2/c1-3-14-34(15-4-1)35-16-13-19-37(28-35)56(36-17-5-2-6-18-36)39-30-45-40-20-7-10-23-46(40)55-47-33-53-44(42-22-9-12-25-51(42)59-53)32-48(47)57(49(31-39)54(45)55)38-26-27-52-43(29-38)41-21-8-11-24-50(41)58-52/h1-33H. The first-order valence-electron chi connectivity index (χ1n) is 20.2. The van der Waals surface area contributed by atoms with Gasteiger partial charge in [0.2, 0.25) is 6.71 Å². The molecule has 0 radical (unpaired) electrons. The van der Waals surface area contributed by atoms with Crippen molar-refractivity contribution in [1.82, 2.24) is 0 Å². The first-order valence-corrected chi connectivity index (χ1v) is 20.2. The van der Waals surface area contributed by atoms with Crippen molar-refractivity contribution in [2.75, 3.05) is 9.80 Å². The number of furan rings is 2. The topological polar surface area (TPSA) is 32.8 Å². The Labute approximate surface area is 340 Å². The molecular formula is C54H33BN2O2. The molecule has 2 aliphatic heterocycles. The largest absolute Gasteiger partial charge is 0.456 e. The van der Waals surface area contributed by atoms with E-state index in [1.807, 2.05) is 12.1 Å². The van der Waals surface area contributed by atoms with Crippen LogP contribution in [0.2, 0.25) is 0 Å². The number of benzene rings is 9. The van der Waals surface area contributed by atoms with Crippen LogP contribution in [0.15, 0.2) is 209 Å². The van der Waals surface area contributed by atoms with E-state index in [0.29, 0.717) is 0 Å². The van der Waals surface area contributed by atoms with E-state index in [1.165, 1.54) is 38.6 Å². The number of hydrogen-bond donors (Lipinski definition) is 0. The van der Waals surface area contributed by atoms with Gasteiger partial charge in [-0.2, -0.15) is 0 Å². The minimum atomic E-state index is 0.0270. The Morgan fingerprint density at radius 2 is 1.02 bits per heavy atom. The molecule has 5 heteroatoms. The molecule has 9 aromatic carbocycles. The van der Waals surface area contributed by atoms with Gasteiger partial charge < -0.3 is 18.6 Å². The fraction of sp³-hybridized carbons (Fsp3) is 0. The van der Waals surface area contributed by atoms with E-state index in [9.17, 15) is 0 Å². The Morgan fingerprint density at radius 3 is 1.83 bits per heavy atom. The summed E-state index contributed by atoms with van der Waals surface area (Å²) >= 11 is 0. The molecule has 0 amide bonds. The zero-order valence-corrected chi connectivity index (χ0v) is 31.8. The van der Waals surface area contributed by atoms with E-state index in [0.717, 1.165) is 78.0 Å². The second-order valence-electron chi connectivity index (χ2n) is 15.7. The molecule has 0 N–H and O–H groups in total. The summed E-state index contributed by atoms with van der Waals surface area (Å²) in [6.45, 7) is 0.0270. The molecule has 11 aromatic rings. The molecule has 0 atom stereocenters. The average Bonchev–Trinajstić information content (AvgIpc) is 3.96. The number of anilines is 6. The molecule has 274 valence electrons. The Kier molecular flexibility index (Phi) is 6.78. The van der Waals surface area contributed by atoms with Gasteiger partial charge in [-0.15, -0.1) is 0 Å². The van der Waals surface area contributed by atoms with Crippen molar-refractivity contribution in [2.24, 2.45) is 0 Å². The van der Waals surface area contributed by atoms with Crippen LogP contribution in [0.5, 0.6) is 0 Å². The summed E-state index contributed by atoms with van der Waals surface area (Å²) in [6, 6.07) is 72.1. The number of para-hydroxylation sites is 3. The summed E-state index contributed by atoms with van der Waals surface area (Å²) < 4.78 is 13.0. The average molecular weight is 753 g/mol. The molecule has 4 nitrogen and oxygen atoms in total. The minimum absolute atomic E-state index is 0.0270. The van der Waals surface area contributed by atoms with Gasteiger partial charge in [0.1, 0.15) is 22.3 Å². The minimum Gasteiger partial charge on any atom is -0.456 e. The third-order valence-electron chi connectivity index (χ3n) is 12.4. The van der Waals surface area contributed by atoms with Gasteiger partial charge in [0, 0.05) is 55.7 Å². The summed E-state index contributed by atoms with van der Waals surface area (Å²) in [5, 5.41) is 4.42. The summed E-state index contributed by atoms with van der Waals surface area (Å²) in [7, 11) is 0. The maximum absolute atomic E-state index is 6.59. The second-order valence-corrected chi connectivity index (χ2v) is 15.7. The summed E-state index contributed by atoms with van der Waals surface area (Å²) in [5.41, 5.74) is 18.9. The monoisotopic (exact) mass is 752 g/mol. The van der Waals surface area contributed by atoms with Crippen molar-refractivity contribution in [2.45, 2.75) is 0 Å². The van der Waals surface area contributed by atoms with Crippen molar-refractivity contribution in [3.63, 3.8) is 0 Å². The van der Waals surface area contributed by atoms with E-state index < -0.39 is 0 Å². The molecule has 0 unspecified atom stereocenters. The fourth-order valence-corrected chi connectivity index (χ4v) is 9.88. The van der Waals surface area contributed by atoms with E-state index in [4.69, 9.17) is 8.83 Å². The van der Waals surface area contributed by atoms with E-state index in [2.05, 4.69) is 198 Å². The molecule has 2 aromatic heterocycles. The van der Waals surface area contributed by atoms with Crippen molar-refractivity contribution >= 4 is 101 Å². The molecule has 0 saturated heterocycles. The Bertz CT molecular complexity index is 3480. The highest BCUT2D eigenvalue weighted by molar-refractivity contribution is 7.01. The normalized spacial score (nSPS) is 12.7. The van der Waals surface area contributed by atoms with Gasteiger partial charge >= 0.3 is 0 Å². The zero-order chi connectivity index (χ0) is 38.6. The molecule has 0 fully saturated rings. The highest BCUT2D eigenvalue weighted by atomic mass is 16.3. The number of nitrogens with zero attached hydrogens (tertiary/aromatic N) is 2. The van der Waals surface area contributed by atoms with Gasteiger partial charge in [-0.05, 0) is 112 Å². The van der Waals surface area contributed by atoms with E-state index in [1.54, 1.807) is 0 Å². The van der Waals surface area contributed by atoms with Crippen LogP contribution in [0, 0.1) is 0 Å². The van der Waals surface area contributed by atoms with Crippen LogP contribution in [0.25, 0.3) is 66.1 Å². The predicted molar refractivity (Wildman–Crippen MR) is 246 cm³/mol. The first-order chi connectivity index (χ1) is 29.2. The van der Waals surface area contributed by atoms with Crippen LogP contribution in [0.3, 0.4) is 0 Å². The third-order valence-corrected chi connectivity index (χ3v) is 12.4. The molecule has 13 rings (SSSR count). The molecule has 2 aliphatic rings. The number of fused-ring (bicyclic) bond motifs is 11. The number of rotatable bonds is 5. The lowest BCUT2D eigenvalue weighted by molar-refractivity contribution is 0.669. The molecule has 0 aliphatic carbocycles. The Morgan fingerprint density at radius 1 is 0.373 bits per heavy atom. The van der Waals surface area contributed by atoms with Gasteiger partial charge in [0.15, 0.2) is 0 Å². The van der Waals surface area contributed by atoms with Crippen LogP contribution >= 0.6 is 0 Å². The molecule has 0 spiro atoms. The second kappa shape index (κ2) is 12.4. The van der Waals surface area contributed by atoms with E-state index >= 15 is 0 Å². The maximum atomic E-state index is 6.59. The van der Waals surface area contributed by atoms with Gasteiger partial charge in [-0.3, -0.25) is 0 Å². The maximum Gasteiger partial charge on any atom is 0.248 e. The quantitative estimate of drug-likeness (QED) is 0.164. The smallest absolute Gasteiger partial charge is 0.248 e. The van der Waals surface area contributed by atoms with Crippen LogP contribution in [-0.4, -0.2) is 6.71 Å². The van der Waals surface area contributed by atoms with E-state index in [-0.39, 0.29) is 6.71 Å². The van der Waals surface area contributed by atoms with Crippen LogP contribution in [0.1, 0.15) is 0 Å². The predicted octanol–water partition coefficient (Wildman–Crippen LogP) is 12.9. The van der Waals surface area contributed by atoms with Gasteiger partial charge in [-0.1, -0.05) is 127 Å². The third kappa shape index (κ3) is 4.79. The lowest BCUT2D eigenvalue weighted by atomic mass is 9.37. The summed E-state index contributed by atoms with van der Waals surface area (Å²) in [6.07, 6.45) is 0. The van der Waals surface area contributed by atoms with Gasteiger partial charge in [-0.25, -0.2) is 0 Å². The fourth-order valence-electron chi connectivity index (χ4n) is 9.88. The van der Waals surface area contributed by atoms with Crippen LogP contribution in [0.4, 0.5) is 34.1 Å². The summed E-state index contributed by atoms with van der Waals surface area (Å²) in [4.78, 5) is 4.90. The molecule has 59 heavy (non-hydrogen) atoms. The molecule has 0 saturated carbocycles. The Hall–Kier alpha value is -7.76. The van der Waals surface area contributed by atoms with Gasteiger partial charge in [0.25, 0.3) is 0 Å². The lowest BCUT2D eigenvalue weighted by Gasteiger charge is -2.37. The SMILES string of the molecule is c1ccc(-c2cccc(N(c3ccccc3)c3cc4c5c(c3)N(c3ccc6oc7ccccc7c6c3)c3cc6c(cc3B5c3ccccc3-4)oc3ccccc36)c2)cc1. The zero-order valence-electron chi connectivity index (χ0n) is 31.8. The lowest BCUT2D eigenvalue weighted by Crippen LogP contribution is -2.54. The highest BCUT2D eigenvalue weighted by Gasteiger charge is 2.43. The van der Waals surface area contributed by atoms with Crippen LogP contribution in [-0.2, 0) is 0 Å². The highest BCUT2D eigenvalue weighted by Crippen LogP contribution is 2.48. The van der Waals surface area contributed by atoms with Crippen molar-refractivity contribution < 1.29 is 8.83 Å². The summed E-state index contributed by atoms with van der Waals surface area (Å²) in [5.74, 6) is 0. The van der Waals surface area contributed by atoms with Crippen molar-refractivity contribution in [3.8, 4) is 22.3 Å².